The second-order valence-electron chi connectivity index (χ2n) is 6.14. The fraction of sp³-hybridized carbons (Fsp3) is 0.667. The van der Waals surface area contributed by atoms with Crippen LogP contribution >= 0.6 is 24.8 Å². The minimum atomic E-state index is 0. The van der Waals surface area contributed by atoms with Crippen molar-refractivity contribution in [1.82, 2.24) is 10.2 Å². The summed E-state index contributed by atoms with van der Waals surface area (Å²) in [7, 11) is 0. The van der Waals surface area contributed by atoms with Gasteiger partial charge in [0.2, 0.25) is 0 Å². The van der Waals surface area contributed by atoms with Gasteiger partial charge in [-0.2, -0.15) is 0 Å². The van der Waals surface area contributed by atoms with Crippen molar-refractivity contribution in [3.63, 3.8) is 0 Å². The molecule has 22 heavy (non-hydrogen) atoms. The topological polar surface area (TPSA) is 15.3 Å². The molecule has 1 saturated heterocycles. The molecule has 1 N–H and O–H groups in total. The number of piperazine rings is 1. The summed E-state index contributed by atoms with van der Waals surface area (Å²) in [4.78, 5) is 2.68. The number of hydrogen-bond acceptors (Lipinski definition) is 2. The Bertz CT molecular complexity index is 418. The highest BCUT2D eigenvalue weighted by atomic mass is 35.5. The van der Waals surface area contributed by atoms with Gasteiger partial charge in [0.05, 0.1) is 0 Å². The van der Waals surface area contributed by atoms with E-state index in [-0.39, 0.29) is 24.8 Å². The van der Waals surface area contributed by atoms with E-state index in [0.717, 1.165) is 13.1 Å². The molecule has 2 nitrogen and oxygen atoms in total. The number of rotatable bonds is 6. The zero-order chi connectivity index (χ0) is 14.4. The van der Waals surface area contributed by atoms with E-state index >= 15 is 0 Å². The molecule has 0 radical (unpaired) electrons. The van der Waals surface area contributed by atoms with Crippen LogP contribution in [0.1, 0.15) is 55.3 Å². The smallest absolute Gasteiger partial charge is 0.0349 e. The first-order valence-electron chi connectivity index (χ1n) is 8.24. The molecule has 1 aromatic carbocycles. The molecule has 1 fully saturated rings. The maximum absolute atomic E-state index is 3.47. The molecule has 0 bridgehead atoms. The van der Waals surface area contributed by atoms with Gasteiger partial charge in [0.1, 0.15) is 0 Å². The third-order valence-corrected chi connectivity index (χ3v) is 4.59. The first-order chi connectivity index (χ1) is 9.72. The molecular formula is C18H32Cl2N2. The Labute approximate surface area is 148 Å². The summed E-state index contributed by atoms with van der Waals surface area (Å²) in [5.74, 6) is 0. The van der Waals surface area contributed by atoms with Crippen molar-refractivity contribution in [1.29, 1.82) is 0 Å². The van der Waals surface area contributed by atoms with Crippen molar-refractivity contribution < 1.29 is 0 Å². The molecule has 0 unspecified atom stereocenters. The standard InChI is InChI=1S/C18H30N2.2ClH/c1-4-5-6-7-18(20-12-10-19-11-13-20)17-9-8-15(2)16(3)14-17;;/h8-9,14,18-19H,4-7,10-13H2,1-3H3;2*1H/t18-;;/m1../s1. The van der Waals surface area contributed by atoms with Crippen LogP contribution in [0.5, 0.6) is 0 Å². The molecule has 1 aliphatic heterocycles. The van der Waals surface area contributed by atoms with E-state index in [1.54, 1.807) is 0 Å². The van der Waals surface area contributed by atoms with Gasteiger partial charge in [-0.3, -0.25) is 4.90 Å². The van der Waals surface area contributed by atoms with Crippen molar-refractivity contribution in [2.24, 2.45) is 0 Å². The molecule has 0 aromatic heterocycles. The number of benzene rings is 1. The number of aryl methyl sites for hydroxylation is 2. The highest BCUT2D eigenvalue weighted by Gasteiger charge is 2.21. The van der Waals surface area contributed by atoms with E-state index in [0.29, 0.717) is 6.04 Å². The number of hydrogen-bond donors (Lipinski definition) is 1. The van der Waals surface area contributed by atoms with E-state index in [2.05, 4.69) is 49.2 Å². The first-order valence-corrected chi connectivity index (χ1v) is 8.24. The van der Waals surface area contributed by atoms with Crippen molar-refractivity contribution in [2.45, 2.75) is 52.5 Å². The molecule has 1 aliphatic rings. The Morgan fingerprint density at radius 1 is 1.05 bits per heavy atom. The van der Waals surface area contributed by atoms with Crippen LogP contribution < -0.4 is 5.32 Å². The predicted molar refractivity (Wildman–Crippen MR) is 102 cm³/mol. The van der Waals surface area contributed by atoms with E-state index in [4.69, 9.17) is 0 Å². The molecule has 0 saturated carbocycles. The van der Waals surface area contributed by atoms with Gasteiger partial charge in [-0.05, 0) is 37.0 Å². The number of nitrogens with one attached hydrogen (secondary N) is 1. The second-order valence-corrected chi connectivity index (χ2v) is 6.14. The summed E-state index contributed by atoms with van der Waals surface area (Å²) in [6.45, 7) is 11.4. The number of halogens is 2. The first kappa shape index (κ1) is 21.7. The van der Waals surface area contributed by atoms with Gasteiger partial charge < -0.3 is 5.32 Å². The monoisotopic (exact) mass is 346 g/mol. The zero-order valence-electron chi connectivity index (χ0n) is 14.2. The average molecular weight is 347 g/mol. The molecule has 1 aromatic rings. The highest BCUT2D eigenvalue weighted by Crippen LogP contribution is 2.28. The van der Waals surface area contributed by atoms with Crippen molar-refractivity contribution in [3.8, 4) is 0 Å². The lowest BCUT2D eigenvalue weighted by molar-refractivity contribution is 0.162. The summed E-state index contributed by atoms with van der Waals surface area (Å²) in [6.07, 6.45) is 5.31. The number of unbranched alkanes of at least 4 members (excludes halogenated alkanes) is 2. The van der Waals surface area contributed by atoms with E-state index in [1.807, 2.05) is 0 Å². The maximum atomic E-state index is 3.47. The predicted octanol–water partition coefficient (Wildman–Crippen LogP) is 4.67. The Morgan fingerprint density at radius 2 is 1.73 bits per heavy atom. The van der Waals surface area contributed by atoms with Crippen LogP contribution in [0.25, 0.3) is 0 Å². The quantitative estimate of drug-likeness (QED) is 0.752. The van der Waals surface area contributed by atoms with Gasteiger partial charge in [-0.1, -0.05) is 44.4 Å². The zero-order valence-corrected chi connectivity index (χ0v) is 15.9. The molecule has 0 spiro atoms. The van der Waals surface area contributed by atoms with Crippen LogP contribution in [0, 0.1) is 13.8 Å². The molecule has 0 amide bonds. The van der Waals surface area contributed by atoms with Crippen LogP contribution in [0.2, 0.25) is 0 Å². The minimum Gasteiger partial charge on any atom is -0.314 e. The van der Waals surface area contributed by atoms with Gasteiger partial charge in [0.25, 0.3) is 0 Å². The third-order valence-electron chi connectivity index (χ3n) is 4.59. The Kier molecular flexibility index (Phi) is 11.1. The number of nitrogens with zero attached hydrogens (tertiary/aromatic N) is 1. The van der Waals surface area contributed by atoms with Gasteiger partial charge >= 0.3 is 0 Å². The summed E-state index contributed by atoms with van der Waals surface area (Å²) in [6, 6.07) is 7.66. The third kappa shape index (κ3) is 6.08. The van der Waals surface area contributed by atoms with Crippen LogP contribution in [0.3, 0.4) is 0 Å². The van der Waals surface area contributed by atoms with Gasteiger partial charge in [0, 0.05) is 32.2 Å². The van der Waals surface area contributed by atoms with E-state index in [9.17, 15) is 0 Å². The second kappa shape index (κ2) is 11.3. The van der Waals surface area contributed by atoms with Crippen molar-refractivity contribution in [2.75, 3.05) is 26.2 Å². The van der Waals surface area contributed by atoms with Crippen LogP contribution in [-0.4, -0.2) is 31.1 Å². The molecular weight excluding hydrogens is 315 g/mol. The molecule has 128 valence electrons. The summed E-state index contributed by atoms with van der Waals surface area (Å²) >= 11 is 0. The lowest BCUT2D eigenvalue weighted by Crippen LogP contribution is -2.45. The largest absolute Gasteiger partial charge is 0.314 e. The fourth-order valence-corrected chi connectivity index (χ4v) is 3.11. The normalized spacial score (nSPS) is 16.5. The Hall–Kier alpha value is -0.280. The maximum Gasteiger partial charge on any atom is 0.0349 e. The molecule has 1 heterocycles. The Morgan fingerprint density at radius 3 is 2.32 bits per heavy atom. The molecule has 2 rings (SSSR count). The Balaban J connectivity index is 0.00000220. The fourth-order valence-electron chi connectivity index (χ4n) is 3.11. The van der Waals surface area contributed by atoms with Crippen molar-refractivity contribution in [3.05, 3.63) is 34.9 Å². The van der Waals surface area contributed by atoms with Crippen LogP contribution in [-0.2, 0) is 0 Å². The molecule has 1 atom stereocenters. The highest BCUT2D eigenvalue weighted by molar-refractivity contribution is 5.85. The molecule has 4 heteroatoms. The summed E-state index contributed by atoms with van der Waals surface area (Å²) in [5, 5.41) is 3.47. The van der Waals surface area contributed by atoms with Gasteiger partial charge in [-0.25, -0.2) is 0 Å². The van der Waals surface area contributed by atoms with Crippen LogP contribution in [0.4, 0.5) is 0 Å². The summed E-state index contributed by atoms with van der Waals surface area (Å²) in [5.41, 5.74) is 4.35. The lowest BCUT2D eigenvalue weighted by Gasteiger charge is -2.35. The van der Waals surface area contributed by atoms with Crippen LogP contribution in [0.15, 0.2) is 18.2 Å². The molecule has 0 aliphatic carbocycles. The van der Waals surface area contributed by atoms with E-state index in [1.165, 1.54) is 55.5 Å². The minimum absolute atomic E-state index is 0. The summed E-state index contributed by atoms with van der Waals surface area (Å²) < 4.78 is 0. The van der Waals surface area contributed by atoms with E-state index < -0.39 is 0 Å². The SMILES string of the molecule is CCCCC[C@H](c1ccc(C)c(C)c1)N1CCNCC1.Cl.Cl. The van der Waals surface area contributed by atoms with Gasteiger partial charge in [0.15, 0.2) is 0 Å². The van der Waals surface area contributed by atoms with Crippen molar-refractivity contribution >= 4 is 24.8 Å². The van der Waals surface area contributed by atoms with Gasteiger partial charge in [-0.15, -0.1) is 24.8 Å². The lowest BCUT2D eigenvalue weighted by atomic mass is 9.95. The average Bonchev–Trinajstić information content (AvgIpc) is 2.48.